The van der Waals surface area contributed by atoms with Crippen molar-refractivity contribution in [2.75, 3.05) is 24.7 Å². The van der Waals surface area contributed by atoms with Gasteiger partial charge in [0.1, 0.15) is 23.7 Å². The first kappa shape index (κ1) is 36.6. The number of amides is 5. The molecule has 2 aliphatic rings. The molecule has 3 atom stereocenters. The Balaban J connectivity index is 1.91. The van der Waals surface area contributed by atoms with Gasteiger partial charge in [0.2, 0.25) is 29.5 Å². The minimum Gasteiger partial charge on any atom is -0.381 e. The van der Waals surface area contributed by atoms with Crippen molar-refractivity contribution in [2.45, 2.75) is 95.0 Å². The highest BCUT2D eigenvalue weighted by atomic mass is 32.2. The monoisotopic (exact) mass is 664 g/mol. The number of primary amides is 1. The van der Waals surface area contributed by atoms with Crippen LogP contribution in [0.2, 0.25) is 0 Å². The number of thioether (sulfide) groups is 2. The lowest BCUT2D eigenvalue weighted by molar-refractivity contribution is -0.140. The van der Waals surface area contributed by atoms with E-state index in [1.807, 2.05) is 45.9 Å². The van der Waals surface area contributed by atoms with Crippen molar-refractivity contribution in [3.63, 3.8) is 0 Å². The lowest BCUT2D eigenvalue weighted by Gasteiger charge is -2.38. The topological polar surface area (TPSA) is 182 Å². The average molecular weight is 665 g/mol. The third kappa shape index (κ3) is 11.8. The predicted molar refractivity (Wildman–Crippen MR) is 176 cm³/mol. The quantitative estimate of drug-likeness (QED) is 0.313. The SMILES string of the molecule is CC(C)C[C@@H]1NC(=O)[C@H](CC(C)C)NC(=O)C2(CCOCC2)NC(=O)CCSCc2cccc(n2)CSC[C@@H](C(N)=O)NC1=O. The van der Waals surface area contributed by atoms with Crippen molar-refractivity contribution in [3.8, 4) is 0 Å². The Hall–Kier alpha value is -2.84. The molecule has 250 valence electrons. The van der Waals surface area contributed by atoms with Crippen LogP contribution in [0.5, 0.6) is 0 Å². The van der Waals surface area contributed by atoms with Crippen LogP contribution in [0.3, 0.4) is 0 Å². The summed E-state index contributed by atoms with van der Waals surface area (Å²) in [6.07, 6.45) is 1.39. The summed E-state index contributed by atoms with van der Waals surface area (Å²) < 4.78 is 5.51. The summed E-state index contributed by atoms with van der Waals surface area (Å²) in [4.78, 5) is 71.1. The number of hydrogen-bond acceptors (Lipinski definition) is 9. The molecule has 3 rings (SSSR count). The fraction of sp³-hybridized carbons (Fsp3) is 0.677. The van der Waals surface area contributed by atoms with Crippen LogP contribution in [0.1, 0.15) is 71.2 Å². The maximum absolute atomic E-state index is 13.9. The molecule has 0 aliphatic carbocycles. The molecular formula is C31H48N6O6S2. The first-order chi connectivity index (χ1) is 21.4. The minimum atomic E-state index is -1.22. The first-order valence-corrected chi connectivity index (χ1v) is 17.9. The van der Waals surface area contributed by atoms with Crippen LogP contribution in [-0.4, -0.2) is 82.9 Å². The van der Waals surface area contributed by atoms with Crippen LogP contribution in [0.4, 0.5) is 0 Å². The van der Waals surface area contributed by atoms with Gasteiger partial charge in [0, 0.05) is 55.5 Å². The van der Waals surface area contributed by atoms with Crippen molar-refractivity contribution in [1.29, 1.82) is 0 Å². The van der Waals surface area contributed by atoms with Crippen molar-refractivity contribution in [3.05, 3.63) is 29.6 Å². The lowest BCUT2D eigenvalue weighted by atomic mass is 9.87. The van der Waals surface area contributed by atoms with E-state index in [2.05, 4.69) is 26.3 Å². The fourth-order valence-corrected chi connectivity index (χ4v) is 7.03. The van der Waals surface area contributed by atoms with Crippen LogP contribution in [0.15, 0.2) is 18.2 Å². The summed E-state index contributed by atoms with van der Waals surface area (Å²) in [5.74, 6) is -0.447. The molecule has 3 heterocycles. The second kappa shape index (κ2) is 17.7. The van der Waals surface area contributed by atoms with Crippen molar-refractivity contribution in [2.24, 2.45) is 17.6 Å². The lowest BCUT2D eigenvalue weighted by Crippen LogP contribution is -2.64. The maximum Gasteiger partial charge on any atom is 0.246 e. The number of ether oxygens (including phenoxy) is 1. The van der Waals surface area contributed by atoms with E-state index in [1.54, 1.807) is 11.8 Å². The number of hydrogen-bond donors (Lipinski definition) is 5. The van der Waals surface area contributed by atoms with E-state index in [9.17, 15) is 24.0 Å². The third-order valence-corrected chi connectivity index (χ3v) is 9.67. The second-order valence-electron chi connectivity index (χ2n) is 12.5. The molecule has 5 amide bonds. The zero-order valence-corrected chi connectivity index (χ0v) is 28.3. The standard InChI is InChI=1S/C31H48N6O6S2/c1-19(2)14-23-28(40)35-25(27(32)39)18-45-17-22-7-5-6-21(33-22)16-44-13-8-26(38)37-31(9-11-43-12-10-31)30(42)36-24(15-20(3)4)29(41)34-23/h5-7,19-20,23-25H,8-18H2,1-4H3,(H2,32,39)(H,34,41)(H,35,40)(H,36,42)(H,37,38)/t23-,24-,25-/m0/s1. The molecule has 0 aromatic carbocycles. The fourth-order valence-electron chi connectivity index (χ4n) is 5.21. The Morgan fingerprint density at radius 3 is 2.11 bits per heavy atom. The van der Waals surface area contributed by atoms with Gasteiger partial charge in [-0.25, -0.2) is 0 Å². The van der Waals surface area contributed by atoms with E-state index in [0.29, 0.717) is 43.3 Å². The number of pyridine rings is 1. The molecule has 2 bridgehead atoms. The zero-order valence-electron chi connectivity index (χ0n) is 26.7. The number of rotatable bonds is 5. The van der Waals surface area contributed by atoms with Crippen LogP contribution in [-0.2, 0) is 40.2 Å². The number of nitrogens with zero attached hydrogens (tertiary/aromatic N) is 1. The van der Waals surface area contributed by atoms with Gasteiger partial charge in [0.15, 0.2) is 0 Å². The molecule has 0 radical (unpaired) electrons. The van der Waals surface area contributed by atoms with Gasteiger partial charge in [-0.15, -0.1) is 0 Å². The normalized spacial score (nSPS) is 24.5. The summed E-state index contributed by atoms with van der Waals surface area (Å²) in [5, 5.41) is 11.4. The predicted octanol–water partition coefficient (Wildman–Crippen LogP) is 1.65. The molecule has 12 nitrogen and oxygen atoms in total. The highest BCUT2D eigenvalue weighted by Crippen LogP contribution is 2.23. The molecule has 6 N–H and O–H groups in total. The molecule has 2 aliphatic heterocycles. The molecule has 1 spiro atoms. The Labute approximate surface area is 274 Å². The van der Waals surface area contributed by atoms with Crippen LogP contribution < -0.4 is 27.0 Å². The zero-order chi connectivity index (χ0) is 33.0. The van der Waals surface area contributed by atoms with Crippen LogP contribution in [0.25, 0.3) is 0 Å². The molecular weight excluding hydrogens is 617 g/mol. The van der Waals surface area contributed by atoms with Gasteiger partial charge < -0.3 is 31.7 Å². The summed E-state index contributed by atoms with van der Waals surface area (Å²) in [6, 6.07) is 2.87. The second-order valence-corrected chi connectivity index (χ2v) is 14.6. The van der Waals surface area contributed by atoms with Gasteiger partial charge in [-0.3, -0.25) is 29.0 Å². The molecule has 1 aromatic rings. The molecule has 0 unspecified atom stereocenters. The first-order valence-electron chi connectivity index (χ1n) is 15.6. The van der Waals surface area contributed by atoms with Crippen molar-refractivity contribution >= 4 is 53.1 Å². The van der Waals surface area contributed by atoms with E-state index in [-0.39, 0.29) is 42.8 Å². The molecule has 1 fully saturated rings. The van der Waals surface area contributed by atoms with E-state index in [4.69, 9.17) is 10.5 Å². The van der Waals surface area contributed by atoms with Crippen LogP contribution in [0, 0.1) is 11.8 Å². The molecule has 45 heavy (non-hydrogen) atoms. The van der Waals surface area contributed by atoms with Gasteiger partial charge >= 0.3 is 0 Å². The number of nitrogens with two attached hydrogens (primary N) is 1. The Morgan fingerprint density at radius 2 is 1.51 bits per heavy atom. The summed E-state index contributed by atoms with van der Waals surface area (Å²) in [6.45, 7) is 8.30. The number of fused-ring (bicyclic) bond motifs is 2. The van der Waals surface area contributed by atoms with E-state index < -0.39 is 47.3 Å². The van der Waals surface area contributed by atoms with E-state index in [0.717, 1.165) is 11.4 Å². The molecule has 0 saturated carbocycles. The van der Waals surface area contributed by atoms with Gasteiger partial charge in [-0.1, -0.05) is 33.8 Å². The Morgan fingerprint density at radius 1 is 0.933 bits per heavy atom. The van der Waals surface area contributed by atoms with Gasteiger partial charge in [-0.2, -0.15) is 23.5 Å². The Bertz CT molecular complexity index is 1190. The van der Waals surface area contributed by atoms with Gasteiger partial charge in [-0.05, 0) is 36.8 Å². The summed E-state index contributed by atoms with van der Waals surface area (Å²) in [5.41, 5.74) is 6.12. The largest absolute Gasteiger partial charge is 0.381 e. The van der Waals surface area contributed by atoms with Crippen LogP contribution >= 0.6 is 23.5 Å². The minimum absolute atomic E-state index is 0.0383. The Kier molecular flexibility index (Phi) is 14.4. The molecule has 14 heteroatoms. The molecule has 1 aromatic heterocycles. The number of carbonyl (C=O) groups is 5. The van der Waals surface area contributed by atoms with E-state index >= 15 is 0 Å². The summed E-state index contributed by atoms with van der Waals surface area (Å²) >= 11 is 2.99. The molecule has 1 saturated heterocycles. The highest BCUT2D eigenvalue weighted by molar-refractivity contribution is 7.98. The number of carbonyl (C=O) groups excluding carboxylic acids is 5. The number of aromatic nitrogens is 1. The van der Waals surface area contributed by atoms with Gasteiger partial charge in [0.05, 0.1) is 11.4 Å². The number of nitrogens with one attached hydrogen (secondary N) is 4. The van der Waals surface area contributed by atoms with Gasteiger partial charge in [0.25, 0.3) is 0 Å². The summed E-state index contributed by atoms with van der Waals surface area (Å²) in [7, 11) is 0. The van der Waals surface area contributed by atoms with Crippen molar-refractivity contribution in [1.82, 2.24) is 26.3 Å². The highest BCUT2D eigenvalue weighted by Gasteiger charge is 2.43. The maximum atomic E-state index is 13.9. The van der Waals surface area contributed by atoms with Crippen molar-refractivity contribution < 1.29 is 28.7 Å². The van der Waals surface area contributed by atoms with E-state index in [1.165, 1.54) is 11.8 Å². The third-order valence-electron chi connectivity index (χ3n) is 7.61. The smallest absolute Gasteiger partial charge is 0.246 e. The average Bonchev–Trinajstić information content (AvgIpc) is 2.97.